The van der Waals surface area contributed by atoms with Crippen LogP contribution in [0.4, 0.5) is 0 Å². The molecule has 0 radical (unpaired) electrons. The standard InChI is InChI=1S/C17H25N3OS.BrH/c1-16(2,3)11-7-10(13-9-22-15(18)20-19-13)8-12(14(11)21)17(4,5)6;/h7-8,21H,9H2,1-6H3,(H2,18,20);1H. The van der Waals surface area contributed by atoms with Gasteiger partial charge in [-0.25, -0.2) is 0 Å². The maximum Gasteiger partial charge on any atom is 0.180 e. The minimum atomic E-state index is -0.148. The topological polar surface area (TPSA) is 71.0 Å². The normalized spacial score (nSPS) is 15.6. The molecule has 0 bridgehead atoms. The number of halogens is 1. The van der Waals surface area contributed by atoms with Crippen LogP contribution in [0.2, 0.25) is 0 Å². The maximum absolute atomic E-state index is 10.7. The second-order valence-electron chi connectivity index (χ2n) is 7.69. The van der Waals surface area contributed by atoms with Gasteiger partial charge in [0.2, 0.25) is 0 Å². The second-order valence-corrected chi connectivity index (χ2v) is 8.69. The first-order chi connectivity index (χ1) is 10.00. The molecular weight excluding hydrogens is 374 g/mol. The smallest absolute Gasteiger partial charge is 0.180 e. The Balaban J connectivity index is 0.00000264. The van der Waals surface area contributed by atoms with E-state index in [4.69, 9.17) is 5.73 Å². The van der Waals surface area contributed by atoms with Gasteiger partial charge < -0.3 is 10.8 Å². The van der Waals surface area contributed by atoms with E-state index in [2.05, 4.69) is 51.7 Å². The van der Waals surface area contributed by atoms with Gasteiger partial charge in [0, 0.05) is 16.9 Å². The van der Waals surface area contributed by atoms with Gasteiger partial charge in [-0.05, 0) is 28.5 Å². The molecule has 1 aromatic rings. The minimum absolute atomic E-state index is 0. The van der Waals surface area contributed by atoms with Gasteiger partial charge in [-0.15, -0.1) is 22.1 Å². The van der Waals surface area contributed by atoms with Crippen molar-refractivity contribution in [2.75, 3.05) is 5.75 Å². The predicted molar refractivity (Wildman–Crippen MR) is 106 cm³/mol. The number of benzene rings is 1. The van der Waals surface area contributed by atoms with Crippen molar-refractivity contribution in [1.29, 1.82) is 0 Å². The summed E-state index contributed by atoms with van der Waals surface area (Å²) in [4.78, 5) is 0. The van der Waals surface area contributed by atoms with Crippen molar-refractivity contribution in [2.45, 2.75) is 52.4 Å². The lowest BCUT2D eigenvalue weighted by Crippen LogP contribution is -2.21. The molecule has 1 aliphatic heterocycles. The number of nitrogens with two attached hydrogens (primary N) is 1. The number of phenolic OH excluding ortho intramolecular Hbond substituents is 1. The van der Waals surface area contributed by atoms with Crippen LogP contribution in [0, 0.1) is 0 Å². The van der Waals surface area contributed by atoms with Crippen LogP contribution in [0.15, 0.2) is 22.3 Å². The first-order valence-electron chi connectivity index (χ1n) is 7.41. The maximum atomic E-state index is 10.7. The summed E-state index contributed by atoms with van der Waals surface area (Å²) in [5.41, 5.74) is 9.15. The Hall–Kier alpha value is -1.01. The van der Waals surface area contributed by atoms with Crippen LogP contribution in [0.25, 0.3) is 0 Å². The third-order valence-corrected chi connectivity index (χ3v) is 4.48. The molecule has 0 fully saturated rings. The highest BCUT2D eigenvalue weighted by molar-refractivity contribution is 8.93. The van der Waals surface area contributed by atoms with Gasteiger partial charge in [-0.3, -0.25) is 0 Å². The Labute approximate surface area is 153 Å². The highest BCUT2D eigenvalue weighted by Crippen LogP contribution is 2.40. The molecule has 0 unspecified atom stereocenters. The zero-order valence-electron chi connectivity index (χ0n) is 14.6. The molecular formula is C17H26BrN3OS. The monoisotopic (exact) mass is 399 g/mol. The number of hydrogen-bond acceptors (Lipinski definition) is 5. The molecule has 1 aliphatic rings. The van der Waals surface area contributed by atoms with E-state index in [0.29, 0.717) is 16.7 Å². The molecule has 0 saturated carbocycles. The Morgan fingerprint density at radius 3 is 1.83 bits per heavy atom. The van der Waals surface area contributed by atoms with Crippen molar-refractivity contribution >= 4 is 39.6 Å². The lowest BCUT2D eigenvalue weighted by atomic mass is 9.78. The third-order valence-electron chi connectivity index (χ3n) is 3.69. The van der Waals surface area contributed by atoms with Gasteiger partial charge in [0.1, 0.15) is 5.75 Å². The molecule has 0 spiro atoms. The molecule has 4 nitrogen and oxygen atoms in total. The molecule has 0 atom stereocenters. The summed E-state index contributed by atoms with van der Waals surface area (Å²) in [6.07, 6.45) is 0. The van der Waals surface area contributed by atoms with Crippen LogP contribution >= 0.6 is 28.7 Å². The van der Waals surface area contributed by atoms with Crippen molar-refractivity contribution in [3.8, 4) is 5.75 Å². The molecule has 1 aromatic carbocycles. The fourth-order valence-corrected chi connectivity index (χ4v) is 3.00. The SMILES string of the molecule is Br.CC(C)(C)c1cc(C2=NN=C(N)SC2)cc(C(C)(C)C)c1O. The average Bonchev–Trinajstić information content (AvgIpc) is 2.37. The van der Waals surface area contributed by atoms with Gasteiger partial charge in [-0.1, -0.05) is 53.3 Å². The van der Waals surface area contributed by atoms with Crippen molar-refractivity contribution in [2.24, 2.45) is 15.9 Å². The van der Waals surface area contributed by atoms with Gasteiger partial charge in [0.15, 0.2) is 5.17 Å². The van der Waals surface area contributed by atoms with Crippen molar-refractivity contribution in [1.82, 2.24) is 0 Å². The van der Waals surface area contributed by atoms with Crippen LogP contribution in [0.5, 0.6) is 5.75 Å². The van der Waals surface area contributed by atoms with Crippen LogP contribution in [0.1, 0.15) is 58.2 Å². The number of hydrogen-bond donors (Lipinski definition) is 2. The average molecular weight is 400 g/mol. The van der Waals surface area contributed by atoms with E-state index in [1.807, 2.05) is 12.1 Å². The van der Waals surface area contributed by atoms with Crippen LogP contribution in [-0.4, -0.2) is 21.7 Å². The van der Waals surface area contributed by atoms with E-state index in [9.17, 15) is 5.11 Å². The number of rotatable bonds is 1. The van der Waals surface area contributed by atoms with Gasteiger partial charge in [0.05, 0.1) is 5.71 Å². The summed E-state index contributed by atoms with van der Waals surface area (Å²) < 4.78 is 0. The molecule has 6 heteroatoms. The van der Waals surface area contributed by atoms with Gasteiger partial charge in [-0.2, -0.15) is 5.10 Å². The van der Waals surface area contributed by atoms with Crippen LogP contribution < -0.4 is 5.73 Å². The van der Waals surface area contributed by atoms with Gasteiger partial charge in [0.25, 0.3) is 0 Å². The summed E-state index contributed by atoms with van der Waals surface area (Å²) in [5.74, 6) is 1.09. The lowest BCUT2D eigenvalue weighted by molar-refractivity contribution is 0.423. The third kappa shape index (κ3) is 4.51. The highest BCUT2D eigenvalue weighted by Gasteiger charge is 2.27. The Bertz CT molecular complexity index is 620. The zero-order chi connectivity index (χ0) is 16.7. The Morgan fingerprint density at radius 2 is 1.48 bits per heavy atom. The lowest BCUT2D eigenvalue weighted by Gasteiger charge is -2.28. The first-order valence-corrected chi connectivity index (χ1v) is 8.40. The molecule has 2 rings (SSSR count). The number of amidine groups is 1. The summed E-state index contributed by atoms with van der Waals surface area (Å²) in [6, 6.07) is 4.06. The summed E-state index contributed by atoms with van der Waals surface area (Å²) in [7, 11) is 0. The van der Waals surface area contributed by atoms with Crippen molar-refractivity contribution < 1.29 is 5.11 Å². The van der Waals surface area contributed by atoms with Gasteiger partial charge >= 0.3 is 0 Å². The molecule has 1 heterocycles. The highest BCUT2D eigenvalue weighted by atomic mass is 79.9. The van der Waals surface area contributed by atoms with E-state index in [0.717, 1.165) is 22.4 Å². The number of phenols is 1. The molecule has 0 saturated heterocycles. The fourth-order valence-electron chi connectivity index (χ4n) is 2.40. The van der Waals surface area contributed by atoms with Crippen molar-refractivity contribution in [3.05, 3.63) is 28.8 Å². The van der Waals surface area contributed by atoms with E-state index in [-0.39, 0.29) is 27.8 Å². The van der Waals surface area contributed by atoms with E-state index in [1.165, 1.54) is 11.8 Å². The first kappa shape index (κ1) is 20.0. The van der Waals surface area contributed by atoms with Crippen LogP contribution in [-0.2, 0) is 10.8 Å². The number of nitrogens with zero attached hydrogens (tertiary/aromatic N) is 2. The summed E-state index contributed by atoms with van der Waals surface area (Å²) >= 11 is 1.49. The van der Waals surface area contributed by atoms with Crippen molar-refractivity contribution in [3.63, 3.8) is 0 Å². The molecule has 0 aromatic heterocycles. The number of aromatic hydroxyl groups is 1. The molecule has 3 N–H and O–H groups in total. The molecule has 0 amide bonds. The molecule has 23 heavy (non-hydrogen) atoms. The molecule has 0 aliphatic carbocycles. The largest absolute Gasteiger partial charge is 0.507 e. The second kappa shape index (κ2) is 6.85. The zero-order valence-corrected chi connectivity index (χ0v) is 17.1. The summed E-state index contributed by atoms with van der Waals surface area (Å²) in [5, 5.41) is 19.4. The fraction of sp³-hybridized carbons (Fsp3) is 0.529. The van der Waals surface area contributed by atoms with E-state index < -0.39 is 0 Å². The predicted octanol–water partition coefficient (Wildman–Crippen LogP) is 4.33. The summed E-state index contributed by atoms with van der Waals surface area (Å²) in [6.45, 7) is 12.6. The quantitative estimate of drug-likeness (QED) is 0.737. The van der Waals surface area contributed by atoms with Crippen LogP contribution in [0.3, 0.4) is 0 Å². The minimum Gasteiger partial charge on any atom is -0.507 e. The number of thioether (sulfide) groups is 1. The Kier molecular flexibility index (Phi) is 5.97. The molecule has 128 valence electrons. The Morgan fingerprint density at radius 1 is 1.00 bits per heavy atom. The van der Waals surface area contributed by atoms with E-state index >= 15 is 0 Å². The van der Waals surface area contributed by atoms with E-state index in [1.54, 1.807) is 0 Å².